The lowest BCUT2D eigenvalue weighted by Gasteiger charge is -2.10. The van der Waals surface area contributed by atoms with Gasteiger partial charge in [0.25, 0.3) is 0 Å². The summed E-state index contributed by atoms with van der Waals surface area (Å²) in [6.45, 7) is 3.53. The third-order valence-corrected chi connectivity index (χ3v) is 12.7. The number of rotatable bonds is 17. The van der Waals surface area contributed by atoms with E-state index in [0.29, 0.717) is 60.6 Å². The molecule has 0 radical (unpaired) electrons. The molecule has 0 amide bonds. The molecule has 2 aliphatic carbocycles. The molecule has 11 rings (SSSR count). The Balaban J connectivity index is 0.000000157. The number of unbranched alkanes of at least 4 members (excludes halogenated alkanes) is 2. The van der Waals surface area contributed by atoms with Crippen LogP contribution in [-0.2, 0) is 37.5 Å². The van der Waals surface area contributed by atoms with Crippen molar-refractivity contribution < 1.29 is 9.84 Å². The Morgan fingerprint density at radius 3 is 1.57 bits per heavy atom. The second-order valence-electron chi connectivity index (χ2n) is 16.6. The summed E-state index contributed by atoms with van der Waals surface area (Å²) in [6.07, 6.45) is 17.8. The summed E-state index contributed by atoms with van der Waals surface area (Å²) < 4.78 is 17.4. The highest BCUT2D eigenvalue weighted by Gasteiger charge is 2.31. The Labute approximate surface area is 382 Å². The molecule has 2 fully saturated rings. The van der Waals surface area contributed by atoms with Gasteiger partial charge in [0.1, 0.15) is 22.7 Å². The first kappa shape index (κ1) is 42.7. The normalized spacial score (nSPS) is 14.0. The van der Waals surface area contributed by atoms with Gasteiger partial charge in [0.05, 0.1) is 65.2 Å². The first-order valence-corrected chi connectivity index (χ1v) is 23.0. The van der Waals surface area contributed by atoms with Gasteiger partial charge in [-0.2, -0.15) is 0 Å². The van der Waals surface area contributed by atoms with Crippen molar-refractivity contribution in [2.45, 2.75) is 96.2 Å². The molecule has 9 aromatic rings. The van der Waals surface area contributed by atoms with Crippen LogP contribution in [-0.4, -0.2) is 75.6 Å². The van der Waals surface area contributed by atoms with Crippen molar-refractivity contribution in [2.75, 3.05) is 13.2 Å². The van der Waals surface area contributed by atoms with Gasteiger partial charge in [-0.25, -0.2) is 29.5 Å². The Kier molecular flexibility index (Phi) is 12.3. The highest BCUT2D eigenvalue weighted by Crippen LogP contribution is 2.37. The predicted molar refractivity (Wildman–Crippen MR) is 249 cm³/mol. The van der Waals surface area contributed by atoms with Crippen molar-refractivity contribution in [1.82, 2.24) is 57.3 Å². The molecule has 0 bridgehead atoms. The molecule has 8 aromatic heterocycles. The average Bonchev–Trinajstić information content (AvgIpc) is 4.24. The van der Waals surface area contributed by atoms with Gasteiger partial charge in [-0.1, -0.05) is 53.5 Å². The van der Waals surface area contributed by atoms with Crippen LogP contribution in [0.4, 0.5) is 0 Å². The van der Waals surface area contributed by atoms with Crippen molar-refractivity contribution in [3.63, 3.8) is 0 Å². The van der Waals surface area contributed by atoms with Gasteiger partial charge in [0, 0.05) is 63.2 Å². The van der Waals surface area contributed by atoms with Crippen LogP contribution in [0.2, 0.25) is 10.3 Å². The van der Waals surface area contributed by atoms with Gasteiger partial charge in [-0.15, -0.1) is 0 Å². The number of aliphatic hydroxyl groups is 1. The molecule has 0 atom stereocenters. The lowest BCUT2D eigenvalue weighted by Crippen LogP contribution is -2.25. The lowest BCUT2D eigenvalue weighted by molar-refractivity contribution is 0.116. The van der Waals surface area contributed by atoms with Crippen LogP contribution in [0.1, 0.15) is 80.7 Å². The van der Waals surface area contributed by atoms with E-state index in [1.165, 1.54) is 5.56 Å². The summed E-state index contributed by atoms with van der Waals surface area (Å²) in [7, 11) is 0. The van der Waals surface area contributed by atoms with Crippen LogP contribution in [0.25, 0.3) is 44.1 Å². The maximum absolute atomic E-state index is 13.4. The molecule has 16 nitrogen and oxygen atoms in total. The van der Waals surface area contributed by atoms with Gasteiger partial charge in [0.2, 0.25) is 0 Å². The van der Waals surface area contributed by atoms with E-state index in [-0.39, 0.29) is 30.1 Å². The number of hydrogen-bond acceptors (Lipinski definition) is 10. The molecule has 2 saturated carbocycles. The summed E-state index contributed by atoms with van der Waals surface area (Å²) in [5.41, 5.74) is 7.69. The molecule has 0 aliphatic heterocycles. The zero-order chi connectivity index (χ0) is 44.4. The number of ether oxygens (including phenoxy) is 1. The zero-order valence-corrected chi connectivity index (χ0v) is 37.2. The molecule has 0 saturated heterocycles. The lowest BCUT2D eigenvalue weighted by atomic mass is 10.2. The van der Waals surface area contributed by atoms with E-state index in [1.54, 1.807) is 46.3 Å². The summed E-state index contributed by atoms with van der Waals surface area (Å²) in [6, 6.07) is 18.4. The third kappa shape index (κ3) is 8.70. The van der Waals surface area contributed by atoms with E-state index in [4.69, 9.17) is 43.0 Å². The first-order valence-electron chi connectivity index (χ1n) is 22.2. The average molecular weight is 916 g/mol. The Morgan fingerprint density at radius 1 is 0.585 bits per heavy atom. The highest BCUT2D eigenvalue weighted by molar-refractivity contribution is 6.34. The van der Waals surface area contributed by atoms with E-state index < -0.39 is 0 Å². The molecular weight excluding hydrogens is 868 g/mol. The number of aryl methyl sites for hydroxylation is 2. The summed E-state index contributed by atoms with van der Waals surface area (Å²) in [4.78, 5) is 53.0. The Morgan fingerprint density at radius 2 is 1.08 bits per heavy atom. The minimum Gasteiger partial charge on any atom is -0.396 e. The van der Waals surface area contributed by atoms with Crippen molar-refractivity contribution in [2.24, 2.45) is 0 Å². The van der Waals surface area contributed by atoms with Crippen molar-refractivity contribution in [3.8, 4) is 0 Å². The highest BCUT2D eigenvalue weighted by atomic mass is 35.5. The minimum atomic E-state index is -0.0336. The van der Waals surface area contributed by atoms with Gasteiger partial charge < -0.3 is 19.0 Å². The maximum Gasteiger partial charge on any atom is 0.329 e. The number of fused-ring (bicyclic) bond motifs is 4. The monoisotopic (exact) mass is 914 g/mol. The van der Waals surface area contributed by atoms with E-state index in [1.807, 2.05) is 51.6 Å². The molecule has 18 heteroatoms. The number of benzene rings is 1. The van der Waals surface area contributed by atoms with Crippen LogP contribution in [0, 0.1) is 0 Å². The van der Waals surface area contributed by atoms with Crippen LogP contribution in [0.3, 0.4) is 0 Å². The molecule has 2 aliphatic rings. The fourth-order valence-electron chi connectivity index (χ4n) is 8.71. The Bertz CT molecular complexity index is 3250. The van der Waals surface area contributed by atoms with E-state index in [2.05, 4.69) is 41.2 Å². The molecule has 1 aromatic carbocycles. The number of imidazole rings is 4. The first-order chi connectivity index (χ1) is 31.9. The van der Waals surface area contributed by atoms with Crippen molar-refractivity contribution in [3.05, 3.63) is 140 Å². The Hall–Kier alpha value is -6.20. The number of aromatic nitrogens is 12. The fourth-order valence-corrected chi connectivity index (χ4v) is 9.10. The minimum absolute atomic E-state index is 0.0161. The molecule has 8 heterocycles. The summed E-state index contributed by atoms with van der Waals surface area (Å²) in [5, 5.41) is 9.88. The van der Waals surface area contributed by atoms with Gasteiger partial charge in [-0.05, 0) is 81.2 Å². The molecule has 65 heavy (non-hydrogen) atoms. The summed E-state index contributed by atoms with van der Waals surface area (Å²) >= 11 is 12.7. The van der Waals surface area contributed by atoms with Gasteiger partial charge in [-0.3, -0.25) is 28.2 Å². The summed E-state index contributed by atoms with van der Waals surface area (Å²) in [5.74, 6) is 1.53. The number of pyridine rings is 4. The van der Waals surface area contributed by atoms with E-state index in [9.17, 15) is 9.59 Å². The molecule has 334 valence electrons. The van der Waals surface area contributed by atoms with Crippen LogP contribution in [0.5, 0.6) is 0 Å². The smallest absolute Gasteiger partial charge is 0.329 e. The van der Waals surface area contributed by atoms with E-state index in [0.717, 1.165) is 96.2 Å². The largest absolute Gasteiger partial charge is 0.396 e. The molecular formula is C47H48Cl2N12O4. The van der Waals surface area contributed by atoms with Gasteiger partial charge in [0.15, 0.2) is 10.3 Å². The second kappa shape index (κ2) is 18.7. The van der Waals surface area contributed by atoms with Crippen LogP contribution < -0.4 is 11.4 Å². The molecule has 1 N–H and O–H groups in total. The van der Waals surface area contributed by atoms with Gasteiger partial charge >= 0.3 is 11.4 Å². The number of halogens is 2. The zero-order valence-electron chi connectivity index (χ0n) is 35.7. The topological polar surface area (TPSA) is 171 Å². The number of hydrogen-bond donors (Lipinski definition) is 1. The SMILES string of the molecule is O=c1n(Cc2nc3c(Cl)nccc3n2CCCCO)c2cnccc2n1C1CC1.O=c1n(Cc2nc3c(Cl)nccc3n2CCCCOCc2ccccc2)c2cnccc2n1C1CC1. The third-order valence-electron chi connectivity index (χ3n) is 12.2. The standard InChI is InChI=1S/C27H27ClN6O2.C20H21ClN6O2/c28-26-25-22(11-13-30-26)32(14-4-5-15-36-18-19-6-2-1-3-7-19)24(31-25)17-33-23-16-29-12-10-21(23)34(27(33)35)20-8-9-20;21-19-18-15(6-8-23-19)25(9-1-2-10-28)17(24-18)12-26-16-11-22-7-5-14(16)27(20(26)29)13-3-4-13/h1-3,6-7,10-13,16,20H,4-5,8-9,14-15,17-18H2;5-8,11,13,28H,1-4,9-10,12H2. The number of aliphatic hydroxyl groups excluding tert-OH is 1. The molecule has 0 spiro atoms. The number of nitrogens with zero attached hydrogens (tertiary/aromatic N) is 12. The predicted octanol–water partition coefficient (Wildman–Crippen LogP) is 7.73. The second-order valence-corrected chi connectivity index (χ2v) is 17.4. The molecule has 0 unspecified atom stereocenters. The van der Waals surface area contributed by atoms with Crippen LogP contribution in [0.15, 0.2) is 101 Å². The van der Waals surface area contributed by atoms with Crippen molar-refractivity contribution >= 4 is 67.3 Å². The fraction of sp³-hybridized carbons (Fsp3) is 0.362. The van der Waals surface area contributed by atoms with Crippen LogP contribution >= 0.6 is 23.2 Å². The van der Waals surface area contributed by atoms with E-state index >= 15 is 0 Å². The quantitative estimate of drug-likeness (QED) is 0.0705. The maximum atomic E-state index is 13.4. The van der Waals surface area contributed by atoms with Crippen molar-refractivity contribution in [1.29, 1.82) is 0 Å².